The predicted octanol–water partition coefficient (Wildman–Crippen LogP) is 4.26. The van der Waals surface area contributed by atoms with E-state index in [1.165, 1.54) is 6.07 Å². The molecule has 0 aliphatic heterocycles. The zero-order chi connectivity index (χ0) is 13.6. The monoisotopic (exact) mass is 405 g/mol. The summed E-state index contributed by atoms with van der Waals surface area (Å²) in [5, 5.41) is 0.966. The maximum Gasteiger partial charge on any atom is 0.178 e. The molecular weight excluding hydrogens is 396 g/mol. The molecule has 0 atom stereocenters. The van der Waals surface area contributed by atoms with Crippen molar-refractivity contribution in [2.75, 3.05) is 0 Å². The van der Waals surface area contributed by atoms with Crippen LogP contribution in [0.2, 0.25) is 0 Å². The molecule has 0 spiro atoms. The molecule has 98 valence electrons. The van der Waals surface area contributed by atoms with Gasteiger partial charge in [-0.2, -0.15) is 0 Å². The fourth-order valence-corrected chi connectivity index (χ4v) is 3.43. The number of hydrogen-bond acceptors (Lipinski definition) is 3. The summed E-state index contributed by atoms with van der Waals surface area (Å²) < 4.78 is 16.7. The highest BCUT2D eigenvalue weighted by Gasteiger charge is 2.10. The van der Waals surface area contributed by atoms with E-state index < -0.39 is 0 Å². The largest absolute Gasteiger partial charge is 0.331 e. The second-order valence-corrected chi connectivity index (χ2v) is 7.03. The summed E-state index contributed by atoms with van der Waals surface area (Å²) in [6.07, 6.45) is 1.84. The van der Waals surface area contributed by atoms with Crippen LogP contribution < -0.4 is 0 Å². The Morgan fingerprint density at radius 1 is 1.53 bits per heavy atom. The average Bonchev–Trinajstić information content (AvgIpc) is 2.87. The van der Waals surface area contributed by atoms with E-state index in [4.69, 9.17) is 12.2 Å². The van der Waals surface area contributed by atoms with Crippen LogP contribution in [-0.2, 0) is 6.54 Å². The fraction of sp³-hybridized carbons (Fsp3) is 0.167. The SMILES string of the molecule is Cc1cnc(Cn2c(=S)[nH]c3cc(I)c(F)cc32)s1. The highest BCUT2D eigenvalue weighted by atomic mass is 127. The van der Waals surface area contributed by atoms with Crippen molar-refractivity contribution in [1.82, 2.24) is 14.5 Å². The molecule has 1 aromatic carbocycles. The number of H-pyrrole nitrogens is 1. The Labute approximate surface area is 131 Å². The lowest BCUT2D eigenvalue weighted by Crippen LogP contribution is -1.99. The Morgan fingerprint density at radius 3 is 3.00 bits per heavy atom. The average molecular weight is 405 g/mol. The van der Waals surface area contributed by atoms with E-state index in [-0.39, 0.29) is 5.82 Å². The number of halogens is 2. The number of rotatable bonds is 2. The Bertz CT molecular complexity index is 818. The lowest BCUT2D eigenvalue weighted by Gasteiger charge is -2.02. The number of fused-ring (bicyclic) bond motifs is 1. The Hall–Kier alpha value is -0.800. The quantitative estimate of drug-likeness (QED) is 0.511. The Balaban J connectivity index is 2.15. The molecule has 1 N–H and O–H groups in total. The first-order valence-corrected chi connectivity index (χ1v) is 7.84. The minimum atomic E-state index is -0.230. The molecule has 0 aliphatic carbocycles. The highest BCUT2D eigenvalue weighted by molar-refractivity contribution is 14.1. The van der Waals surface area contributed by atoms with Crippen LogP contribution in [0.4, 0.5) is 4.39 Å². The zero-order valence-electron chi connectivity index (χ0n) is 9.91. The number of benzene rings is 1. The van der Waals surface area contributed by atoms with E-state index in [2.05, 4.69) is 9.97 Å². The molecule has 2 aromatic heterocycles. The summed E-state index contributed by atoms with van der Waals surface area (Å²) >= 11 is 8.90. The highest BCUT2D eigenvalue weighted by Crippen LogP contribution is 2.22. The molecule has 0 aliphatic rings. The first-order chi connectivity index (χ1) is 9.04. The zero-order valence-corrected chi connectivity index (χ0v) is 13.7. The molecule has 3 aromatic rings. The second-order valence-electron chi connectivity index (χ2n) is 4.16. The lowest BCUT2D eigenvalue weighted by atomic mass is 10.3. The molecule has 0 radical (unpaired) electrons. The van der Waals surface area contributed by atoms with Gasteiger partial charge in [0.25, 0.3) is 0 Å². The molecule has 0 amide bonds. The van der Waals surface area contributed by atoms with Crippen molar-refractivity contribution in [1.29, 1.82) is 0 Å². The summed E-state index contributed by atoms with van der Waals surface area (Å²) in [4.78, 5) is 8.58. The van der Waals surface area contributed by atoms with Gasteiger partial charge in [0.2, 0.25) is 0 Å². The van der Waals surface area contributed by atoms with Crippen molar-refractivity contribution in [3.63, 3.8) is 0 Å². The third-order valence-electron chi connectivity index (χ3n) is 2.78. The van der Waals surface area contributed by atoms with Crippen LogP contribution in [-0.4, -0.2) is 14.5 Å². The van der Waals surface area contributed by atoms with Crippen molar-refractivity contribution in [3.8, 4) is 0 Å². The van der Waals surface area contributed by atoms with Gasteiger partial charge in [0.15, 0.2) is 4.77 Å². The first-order valence-electron chi connectivity index (χ1n) is 5.53. The van der Waals surface area contributed by atoms with Crippen LogP contribution in [0.1, 0.15) is 9.88 Å². The van der Waals surface area contributed by atoms with Crippen LogP contribution in [0.25, 0.3) is 11.0 Å². The molecule has 3 nitrogen and oxygen atoms in total. The summed E-state index contributed by atoms with van der Waals surface area (Å²) in [5.41, 5.74) is 1.62. The molecule has 19 heavy (non-hydrogen) atoms. The van der Waals surface area contributed by atoms with Crippen molar-refractivity contribution >= 4 is 57.2 Å². The van der Waals surface area contributed by atoms with Crippen molar-refractivity contribution < 1.29 is 4.39 Å². The number of aromatic nitrogens is 3. The van der Waals surface area contributed by atoms with Gasteiger partial charge in [0.05, 0.1) is 21.1 Å². The molecule has 0 saturated heterocycles. The van der Waals surface area contributed by atoms with Crippen LogP contribution in [0.5, 0.6) is 0 Å². The maximum absolute atomic E-state index is 13.7. The van der Waals surface area contributed by atoms with Gasteiger partial charge < -0.3 is 9.55 Å². The number of hydrogen-bond donors (Lipinski definition) is 1. The molecule has 0 saturated carbocycles. The molecule has 3 rings (SSSR count). The Morgan fingerprint density at radius 2 is 2.32 bits per heavy atom. The van der Waals surface area contributed by atoms with Gasteiger partial charge >= 0.3 is 0 Å². The maximum atomic E-state index is 13.7. The minimum Gasteiger partial charge on any atom is -0.331 e. The molecule has 0 unspecified atom stereocenters. The van der Waals surface area contributed by atoms with Crippen LogP contribution in [0.15, 0.2) is 18.3 Å². The van der Waals surface area contributed by atoms with E-state index in [9.17, 15) is 4.39 Å². The van der Waals surface area contributed by atoms with Gasteiger partial charge in [-0.25, -0.2) is 9.37 Å². The molecule has 2 heterocycles. The van der Waals surface area contributed by atoms with Crippen LogP contribution in [0.3, 0.4) is 0 Å². The predicted molar refractivity (Wildman–Crippen MR) is 85.8 cm³/mol. The minimum absolute atomic E-state index is 0.230. The standard InChI is InChI=1S/C12H9FIN3S2/c1-6-4-15-11(19-6)5-17-10-2-7(13)8(14)3-9(10)16-12(17)18/h2-4H,5H2,1H3,(H,16,18). The van der Waals surface area contributed by atoms with Gasteiger partial charge in [0.1, 0.15) is 10.8 Å². The number of thiazole rings is 1. The first kappa shape index (κ1) is 13.2. The number of nitrogens with zero attached hydrogens (tertiary/aromatic N) is 2. The summed E-state index contributed by atoms with van der Waals surface area (Å²) in [6.45, 7) is 2.58. The van der Waals surface area contributed by atoms with E-state index in [1.807, 2.05) is 40.3 Å². The molecular formula is C12H9FIN3S2. The van der Waals surface area contributed by atoms with E-state index in [0.29, 0.717) is 14.9 Å². The Kier molecular flexibility index (Phi) is 3.44. The van der Waals surface area contributed by atoms with Crippen molar-refractivity contribution in [2.24, 2.45) is 0 Å². The number of aromatic amines is 1. The molecule has 0 fully saturated rings. The fourth-order valence-electron chi connectivity index (χ4n) is 1.92. The van der Waals surface area contributed by atoms with Crippen LogP contribution >= 0.6 is 46.1 Å². The van der Waals surface area contributed by atoms with E-state index in [0.717, 1.165) is 20.9 Å². The summed E-state index contributed by atoms with van der Waals surface area (Å²) in [7, 11) is 0. The topological polar surface area (TPSA) is 33.6 Å². The van der Waals surface area contributed by atoms with Crippen molar-refractivity contribution in [2.45, 2.75) is 13.5 Å². The van der Waals surface area contributed by atoms with E-state index in [1.54, 1.807) is 17.4 Å². The van der Waals surface area contributed by atoms with Crippen molar-refractivity contribution in [3.05, 3.63) is 42.4 Å². The number of nitrogens with one attached hydrogen (secondary N) is 1. The van der Waals surface area contributed by atoms with Crippen LogP contribution in [0, 0.1) is 21.1 Å². The third kappa shape index (κ3) is 2.46. The third-order valence-corrected chi connectivity index (χ3v) is 4.83. The molecule has 7 heteroatoms. The normalized spacial score (nSPS) is 11.3. The van der Waals surface area contributed by atoms with Gasteiger partial charge in [-0.15, -0.1) is 11.3 Å². The lowest BCUT2D eigenvalue weighted by molar-refractivity contribution is 0.621. The van der Waals surface area contributed by atoms with Gasteiger partial charge in [-0.1, -0.05) is 0 Å². The number of aryl methyl sites for hydroxylation is 1. The van der Waals surface area contributed by atoms with Gasteiger partial charge in [-0.3, -0.25) is 0 Å². The molecule has 0 bridgehead atoms. The van der Waals surface area contributed by atoms with Gasteiger partial charge in [-0.05, 0) is 47.8 Å². The summed E-state index contributed by atoms with van der Waals surface area (Å²) in [6, 6.07) is 3.29. The van der Waals surface area contributed by atoms with Gasteiger partial charge in [0, 0.05) is 17.1 Å². The number of imidazole rings is 1. The smallest absolute Gasteiger partial charge is 0.178 e. The second kappa shape index (κ2) is 4.95. The summed E-state index contributed by atoms with van der Waals surface area (Å²) in [5.74, 6) is -0.230. The van der Waals surface area contributed by atoms with E-state index >= 15 is 0 Å².